The maximum absolute atomic E-state index is 14.1. The molecule has 0 radical (unpaired) electrons. The van der Waals surface area contributed by atoms with Gasteiger partial charge in [-0.15, -0.1) is 4.31 Å². The summed E-state index contributed by atoms with van der Waals surface area (Å²) < 4.78 is 48.3. The molecule has 1 amide bonds. The molecule has 0 aromatic heterocycles. The molecule has 0 N–H and O–H groups in total. The van der Waals surface area contributed by atoms with Gasteiger partial charge in [0.05, 0.1) is 18.0 Å². The van der Waals surface area contributed by atoms with Crippen LogP contribution < -0.4 is 0 Å². The van der Waals surface area contributed by atoms with E-state index in [4.69, 9.17) is 4.74 Å². The molecule has 1 aliphatic carbocycles. The average molecular weight is 435 g/mol. The number of alkyl halides is 2. The van der Waals surface area contributed by atoms with Gasteiger partial charge in [-0.25, -0.2) is 13.6 Å². The van der Waals surface area contributed by atoms with E-state index in [9.17, 15) is 18.1 Å². The summed E-state index contributed by atoms with van der Waals surface area (Å²) in [5.74, 6) is 0. The maximum atomic E-state index is 14.1. The van der Waals surface area contributed by atoms with Gasteiger partial charge in [-0.2, -0.15) is 0 Å². The average Bonchev–Trinajstić information content (AvgIpc) is 3.32. The highest BCUT2D eigenvalue weighted by Gasteiger charge is 2.73. The minimum absolute atomic E-state index is 0.00000776. The Balaban J connectivity index is 1.88. The Morgan fingerprint density at radius 2 is 1.72 bits per heavy atom. The summed E-state index contributed by atoms with van der Waals surface area (Å²) in [6.45, 7) is 14.0. The van der Waals surface area contributed by atoms with Crippen molar-refractivity contribution in [1.29, 1.82) is 0 Å². The summed E-state index contributed by atoms with van der Waals surface area (Å²) in [5, 5.41) is 0. The van der Waals surface area contributed by atoms with Gasteiger partial charge in [0.25, 0.3) is 0 Å². The van der Waals surface area contributed by atoms with Crippen molar-refractivity contribution in [3.63, 3.8) is 0 Å². The first kappa shape index (κ1) is 23.1. The number of piperidine rings is 1. The minimum Gasteiger partial charge on any atom is -0.597 e. The third-order valence-electron chi connectivity index (χ3n) is 6.59. The van der Waals surface area contributed by atoms with E-state index in [2.05, 4.69) is 0 Å². The number of nitrogens with zero attached hydrogens (tertiary/aromatic N) is 2. The zero-order valence-corrected chi connectivity index (χ0v) is 19.6. The Labute approximate surface area is 176 Å². The van der Waals surface area contributed by atoms with Crippen LogP contribution in [0.3, 0.4) is 0 Å². The van der Waals surface area contributed by atoms with E-state index in [0.717, 1.165) is 12.8 Å². The molecule has 0 aromatic carbocycles. The fraction of sp³-hybridized carbons (Fsp3) is 0.952. The van der Waals surface area contributed by atoms with E-state index in [-0.39, 0.29) is 12.1 Å². The highest BCUT2D eigenvalue weighted by molar-refractivity contribution is 7.90. The number of halogens is 2. The molecule has 5 nitrogen and oxygen atoms in total. The number of carbonyl (C=O) groups excluding carboxylic acids is 1. The summed E-state index contributed by atoms with van der Waals surface area (Å²) in [6.07, 6.45) is -0.415. The summed E-state index contributed by atoms with van der Waals surface area (Å²) in [7, 11) is 0. The molecule has 3 rings (SSSR count). The number of carbonyl (C=O) groups is 1. The third-order valence-corrected chi connectivity index (χ3v) is 8.40. The predicted molar refractivity (Wildman–Crippen MR) is 110 cm³/mol. The van der Waals surface area contributed by atoms with Crippen LogP contribution in [0, 0.1) is 10.8 Å². The van der Waals surface area contributed by atoms with Gasteiger partial charge in [0.1, 0.15) is 10.3 Å². The second-order valence-corrected chi connectivity index (χ2v) is 13.4. The summed E-state index contributed by atoms with van der Waals surface area (Å²) >= 11 is -1.36. The number of amides is 1. The van der Waals surface area contributed by atoms with E-state index in [1.54, 1.807) is 9.21 Å². The van der Waals surface area contributed by atoms with Crippen molar-refractivity contribution in [3.05, 3.63) is 0 Å². The molecule has 1 unspecified atom stereocenters. The number of rotatable bonds is 3. The summed E-state index contributed by atoms with van der Waals surface area (Å²) in [4.78, 5) is 14.5. The fourth-order valence-electron chi connectivity index (χ4n) is 4.98. The van der Waals surface area contributed by atoms with Crippen LogP contribution in [0.15, 0.2) is 0 Å². The zero-order chi connectivity index (χ0) is 22.0. The van der Waals surface area contributed by atoms with Crippen LogP contribution in [0.5, 0.6) is 0 Å². The molecule has 8 heteroatoms. The second kappa shape index (κ2) is 7.23. The van der Waals surface area contributed by atoms with Crippen LogP contribution in [0.4, 0.5) is 13.6 Å². The van der Waals surface area contributed by atoms with Crippen molar-refractivity contribution in [2.45, 2.75) is 103 Å². The molecule has 2 saturated heterocycles. The van der Waals surface area contributed by atoms with Gasteiger partial charge < -0.3 is 14.2 Å². The Morgan fingerprint density at radius 1 is 1.14 bits per heavy atom. The molecule has 2 heterocycles. The van der Waals surface area contributed by atoms with Crippen molar-refractivity contribution in [2.24, 2.45) is 10.8 Å². The van der Waals surface area contributed by atoms with E-state index in [1.165, 1.54) is 0 Å². The minimum atomic E-state index is -2.45. The maximum Gasteiger partial charge on any atom is 0.410 e. The topological polar surface area (TPSA) is 55.8 Å². The van der Waals surface area contributed by atoms with Crippen LogP contribution in [-0.2, 0) is 16.1 Å². The second-order valence-electron chi connectivity index (χ2n) is 11.2. The van der Waals surface area contributed by atoms with Gasteiger partial charge in [0.15, 0.2) is 0 Å². The fourth-order valence-corrected chi connectivity index (χ4v) is 6.69. The Kier molecular flexibility index (Phi) is 5.75. The summed E-state index contributed by atoms with van der Waals surface area (Å²) in [5.41, 5.74) is -2.16. The van der Waals surface area contributed by atoms with Gasteiger partial charge in [0.2, 0.25) is 6.43 Å². The molecule has 2 aliphatic heterocycles. The van der Waals surface area contributed by atoms with Gasteiger partial charge in [-0.3, -0.25) is 0 Å². The smallest absolute Gasteiger partial charge is 0.410 e. The first-order valence-electron chi connectivity index (χ1n) is 10.6. The molecule has 1 spiro atoms. The van der Waals surface area contributed by atoms with Crippen LogP contribution in [-0.4, -0.2) is 61.8 Å². The van der Waals surface area contributed by atoms with Crippen LogP contribution in [0.25, 0.3) is 0 Å². The standard InChI is InChI=1S/C21H36F2N2O3S/c1-14-8-9-20(12-24(14)17(26)28-18(2,3)4)13-25(29(27)19(5,6)7)15(20)21(10-11-21)16(22)23/h14-16H,8-13H2,1-7H3/t14-,15-,20+,29?/m0/s1. The van der Waals surface area contributed by atoms with Crippen molar-refractivity contribution in [1.82, 2.24) is 9.21 Å². The van der Waals surface area contributed by atoms with Crippen molar-refractivity contribution in [2.75, 3.05) is 13.1 Å². The van der Waals surface area contributed by atoms with E-state index in [1.807, 2.05) is 48.5 Å². The van der Waals surface area contributed by atoms with E-state index < -0.39 is 45.0 Å². The first-order chi connectivity index (χ1) is 13.1. The van der Waals surface area contributed by atoms with Crippen molar-refractivity contribution >= 4 is 17.5 Å². The quantitative estimate of drug-likeness (QED) is 0.610. The number of ether oxygens (including phenoxy) is 1. The Bertz CT molecular complexity index is 645. The first-order valence-corrected chi connectivity index (χ1v) is 11.7. The van der Waals surface area contributed by atoms with E-state index in [0.29, 0.717) is 25.9 Å². The summed E-state index contributed by atoms with van der Waals surface area (Å²) in [6, 6.07) is -0.465. The van der Waals surface area contributed by atoms with Crippen molar-refractivity contribution < 1.29 is 22.9 Å². The molecule has 0 aromatic rings. The predicted octanol–water partition coefficient (Wildman–Crippen LogP) is 4.58. The molecule has 29 heavy (non-hydrogen) atoms. The van der Waals surface area contributed by atoms with Crippen LogP contribution in [0.1, 0.15) is 74.1 Å². The monoisotopic (exact) mass is 434 g/mol. The largest absolute Gasteiger partial charge is 0.597 e. The van der Waals surface area contributed by atoms with Crippen LogP contribution in [0.2, 0.25) is 0 Å². The lowest BCUT2D eigenvalue weighted by molar-refractivity contribution is -0.139. The lowest BCUT2D eigenvalue weighted by Crippen LogP contribution is -2.76. The number of likely N-dealkylation sites (tertiary alicyclic amines) is 1. The number of hydrogen-bond donors (Lipinski definition) is 0. The van der Waals surface area contributed by atoms with Gasteiger partial charge in [-0.05, 0) is 74.1 Å². The third kappa shape index (κ3) is 4.13. The molecule has 1 saturated carbocycles. The molecular weight excluding hydrogens is 398 g/mol. The molecular formula is C21H36F2N2O3S. The van der Waals surface area contributed by atoms with Gasteiger partial charge in [0, 0.05) is 29.4 Å². The molecule has 168 valence electrons. The van der Waals surface area contributed by atoms with Crippen LogP contribution >= 0.6 is 0 Å². The highest BCUT2D eigenvalue weighted by Crippen LogP contribution is 2.65. The van der Waals surface area contributed by atoms with E-state index >= 15 is 0 Å². The molecule has 4 atom stereocenters. The number of hydrogen-bond acceptors (Lipinski definition) is 4. The molecule has 3 aliphatic rings. The Morgan fingerprint density at radius 3 is 2.17 bits per heavy atom. The molecule has 3 fully saturated rings. The highest BCUT2D eigenvalue weighted by atomic mass is 32.2. The van der Waals surface area contributed by atoms with Gasteiger partial charge >= 0.3 is 6.09 Å². The normalized spacial score (nSPS) is 33.6. The SMILES string of the molecule is C[C@H]1CC[C@@]2(CN1C(=O)OC(C)(C)C)CN([S+]([O-])C(C)(C)C)[C@@H]2C1(C(F)F)CC1. The Hall–Kier alpha value is -0.600. The lowest BCUT2D eigenvalue weighted by atomic mass is 9.62. The zero-order valence-electron chi connectivity index (χ0n) is 18.8. The lowest BCUT2D eigenvalue weighted by Gasteiger charge is -2.63. The molecule has 0 bridgehead atoms. The van der Waals surface area contributed by atoms with Gasteiger partial charge in [-0.1, -0.05) is 0 Å². The van der Waals surface area contributed by atoms with Crippen molar-refractivity contribution in [3.8, 4) is 0 Å².